The molecule has 0 aliphatic heterocycles. The van der Waals surface area contributed by atoms with Gasteiger partial charge in [0.2, 0.25) is 0 Å². The van der Waals surface area contributed by atoms with Crippen LogP contribution in [0.1, 0.15) is 119 Å². The molecule has 3 saturated carbocycles. The van der Waals surface area contributed by atoms with Crippen LogP contribution in [0.2, 0.25) is 0 Å². The molecular formula is C30H52O2. The third kappa shape index (κ3) is 4.04. The average Bonchev–Trinajstić information content (AvgIpc) is 3.09. The van der Waals surface area contributed by atoms with Crippen LogP contribution in [0.4, 0.5) is 0 Å². The zero-order valence-corrected chi connectivity index (χ0v) is 22.2. The standard InChI is InChI=1S/C30H52O2/c1-8-30(32)18-17-28(6)21(19-30)10-11-22-24-13-12-23(29(24,7)16-15-25(22)28)20(2)9-14-26(31)27(3,4)5/h15,20-24,26,31-32H,8-14,16-19H2,1-7H3/t20-,21+,22+,23-,24+,26-,28+,29-,30+/m1/s1. The molecule has 4 aliphatic rings. The minimum atomic E-state index is -0.410. The second-order valence-electron chi connectivity index (χ2n) is 14.2. The van der Waals surface area contributed by atoms with E-state index in [0.29, 0.717) is 22.7 Å². The highest BCUT2D eigenvalue weighted by atomic mass is 16.3. The quantitative estimate of drug-likeness (QED) is 0.430. The average molecular weight is 445 g/mol. The zero-order valence-electron chi connectivity index (χ0n) is 22.2. The summed E-state index contributed by atoms with van der Waals surface area (Å²) in [5.74, 6) is 3.77. The molecule has 0 spiro atoms. The molecule has 0 aromatic heterocycles. The number of fused-ring (bicyclic) bond motifs is 5. The van der Waals surface area contributed by atoms with Gasteiger partial charge < -0.3 is 10.2 Å². The maximum absolute atomic E-state index is 11.0. The predicted molar refractivity (Wildman–Crippen MR) is 134 cm³/mol. The van der Waals surface area contributed by atoms with Crippen LogP contribution in [0.5, 0.6) is 0 Å². The van der Waals surface area contributed by atoms with Crippen molar-refractivity contribution in [1.29, 1.82) is 0 Å². The van der Waals surface area contributed by atoms with E-state index >= 15 is 0 Å². The van der Waals surface area contributed by atoms with Crippen molar-refractivity contribution in [1.82, 2.24) is 0 Å². The maximum atomic E-state index is 11.0. The fourth-order valence-electron chi connectivity index (χ4n) is 8.94. The number of aliphatic hydroxyl groups is 2. The first kappa shape index (κ1) is 24.8. The second kappa shape index (κ2) is 8.40. The van der Waals surface area contributed by atoms with Crippen LogP contribution in [0.15, 0.2) is 11.6 Å². The van der Waals surface area contributed by atoms with E-state index < -0.39 is 5.60 Å². The summed E-state index contributed by atoms with van der Waals surface area (Å²) in [6.45, 7) is 16.3. The lowest BCUT2D eigenvalue weighted by molar-refractivity contribution is -0.0771. The lowest BCUT2D eigenvalue weighted by Gasteiger charge is -2.58. The van der Waals surface area contributed by atoms with Crippen LogP contribution in [-0.4, -0.2) is 21.9 Å². The molecule has 0 amide bonds. The van der Waals surface area contributed by atoms with Crippen molar-refractivity contribution in [3.63, 3.8) is 0 Å². The van der Waals surface area contributed by atoms with Gasteiger partial charge in [-0.15, -0.1) is 0 Å². The van der Waals surface area contributed by atoms with Gasteiger partial charge in [0.25, 0.3) is 0 Å². The maximum Gasteiger partial charge on any atom is 0.0648 e. The monoisotopic (exact) mass is 444 g/mol. The second-order valence-corrected chi connectivity index (χ2v) is 14.2. The van der Waals surface area contributed by atoms with Gasteiger partial charge in [0.05, 0.1) is 11.7 Å². The summed E-state index contributed by atoms with van der Waals surface area (Å²) in [6, 6.07) is 0. The Bertz CT molecular complexity index is 719. The van der Waals surface area contributed by atoms with E-state index in [9.17, 15) is 10.2 Å². The van der Waals surface area contributed by atoms with Gasteiger partial charge in [-0.3, -0.25) is 0 Å². The highest BCUT2D eigenvalue weighted by Gasteiger charge is 2.58. The summed E-state index contributed by atoms with van der Waals surface area (Å²) < 4.78 is 0. The van der Waals surface area contributed by atoms with E-state index in [0.717, 1.165) is 49.9 Å². The van der Waals surface area contributed by atoms with Crippen LogP contribution in [-0.2, 0) is 0 Å². The van der Waals surface area contributed by atoms with Gasteiger partial charge >= 0.3 is 0 Å². The van der Waals surface area contributed by atoms with Crippen LogP contribution >= 0.6 is 0 Å². The third-order valence-corrected chi connectivity index (χ3v) is 11.5. The molecule has 0 aromatic carbocycles. The molecule has 4 rings (SSSR count). The molecule has 2 heteroatoms. The summed E-state index contributed by atoms with van der Waals surface area (Å²) >= 11 is 0. The molecule has 0 aromatic rings. The van der Waals surface area contributed by atoms with Crippen LogP contribution < -0.4 is 0 Å². The molecule has 0 radical (unpaired) electrons. The Morgan fingerprint density at radius 3 is 2.44 bits per heavy atom. The SMILES string of the molecule is CC[C@]1(O)CC[C@]2(C)C3=CC[C@]4(C)[C@@H]([C@H](C)CC[C@@H](O)C(C)(C)C)CC[C@H]4[C@@H]3CC[C@H]2C1. The van der Waals surface area contributed by atoms with E-state index in [2.05, 4.69) is 54.5 Å². The Balaban J connectivity index is 1.50. The number of hydrogen-bond donors (Lipinski definition) is 2. The Hall–Kier alpha value is -0.340. The summed E-state index contributed by atoms with van der Waals surface area (Å²) in [7, 11) is 0. The molecule has 184 valence electrons. The third-order valence-electron chi connectivity index (χ3n) is 11.5. The van der Waals surface area contributed by atoms with E-state index in [1.54, 1.807) is 5.57 Å². The van der Waals surface area contributed by atoms with E-state index in [-0.39, 0.29) is 11.5 Å². The summed E-state index contributed by atoms with van der Waals surface area (Å²) in [6.07, 6.45) is 15.4. The number of allylic oxidation sites excluding steroid dienone is 2. The van der Waals surface area contributed by atoms with Crippen LogP contribution in [0.3, 0.4) is 0 Å². The van der Waals surface area contributed by atoms with Gasteiger partial charge in [0.1, 0.15) is 0 Å². The van der Waals surface area contributed by atoms with Gasteiger partial charge in [-0.25, -0.2) is 0 Å². The molecule has 0 bridgehead atoms. The fraction of sp³-hybridized carbons (Fsp3) is 0.933. The van der Waals surface area contributed by atoms with Crippen molar-refractivity contribution in [3.05, 3.63) is 11.6 Å². The normalized spacial score (nSPS) is 46.0. The van der Waals surface area contributed by atoms with Crippen LogP contribution in [0, 0.1) is 45.8 Å². The summed E-state index contributed by atoms with van der Waals surface area (Å²) in [5.41, 5.74) is 2.13. The van der Waals surface area contributed by atoms with Crippen molar-refractivity contribution in [2.45, 2.75) is 131 Å². The fourth-order valence-corrected chi connectivity index (χ4v) is 8.94. The molecule has 0 saturated heterocycles. The predicted octanol–water partition coefficient (Wildman–Crippen LogP) is 7.53. The first-order valence-electron chi connectivity index (χ1n) is 13.9. The first-order chi connectivity index (χ1) is 14.8. The first-order valence-corrected chi connectivity index (χ1v) is 13.9. The van der Waals surface area contributed by atoms with Crippen molar-refractivity contribution < 1.29 is 10.2 Å². The topological polar surface area (TPSA) is 40.5 Å². The molecule has 3 fully saturated rings. The molecule has 9 atom stereocenters. The Morgan fingerprint density at radius 2 is 1.78 bits per heavy atom. The molecule has 0 heterocycles. The van der Waals surface area contributed by atoms with Crippen molar-refractivity contribution in [2.75, 3.05) is 0 Å². The molecular weight excluding hydrogens is 392 g/mol. The molecule has 2 N–H and O–H groups in total. The number of hydrogen-bond acceptors (Lipinski definition) is 2. The highest BCUT2D eigenvalue weighted by molar-refractivity contribution is 5.29. The lowest BCUT2D eigenvalue weighted by atomic mass is 9.47. The van der Waals surface area contributed by atoms with Crippen molar-refractivity contribution in [2.24, 2.45) is 45.8 Å². The molecule has 4 aliphatic carbocycles. The smallest absolute Gasteiger partial charge is 0.0648 e. The van der Waals surface area contributed by atoms with E-state index in [1.807, 2.05) is 0 Å². The van der Waals surface area contributed by atoms with Crippen molar-refractivity contribution in [3.8, 4) is 0 Å². The Morgan fingerprint density at radius 1 is 1.06 bits per heavy atom. The minimum absolute atomic E-state index is 0.0116. The Kier molecular flexibility index (Phi) is 6.50. The van der Waals surface area contributed by atoms with Gasteiger partial charge in [0, 0.05) is 0 Å². The largest absolute Gasteiger partial charge is 0.393 e. The lowest BCUT2D eigenvalue weighted by Crippen LogP contribution is -2.51. The highest BCUT2D eigenvalue weighted by Crippen LogP contribution is 2.67. The molecule has 2 nitrogen and oxygen atoms in total. The van der Waals surface area contributed by atoms with Gasteiger partial charge in [-0.2, -0.15) is 0 Å². The minimum Gasteiger partial charge on any atom is -0.393 e. The van der Waals surface area contributed by atoms with Crippen molar-refractivity contribution >= 4 is 0 Å². The molecule has 0 unspecified atom stereocenters. The summed E-state index contributed by atoms with van der Waals surface area (Å²) in [5, 5.41) is 21.6. The van der Waals surface area contributed by atoms with Gasteiger partial charge in [-0.05, 0) is 116 Å². The molecule has 32 heavy (non-hydrogen) atoms. The zero-order chi connectivity index (χ0) is 23.5. The van der Waals surface area contributed by atoms with Gasteiger partial charge in [0.15, 0.2) is 0 Å². The van der Waals surface area contributed by atoms with Gasteiger partial charge in [-0.1, -0.05) is 60.1 Å². The Labute approximate surface area is 198 Å². The van der Waals surface area contributed by atoms with Crippen LogP contribution in [0.25, 0.3) is 0 Å². The summed E-state index contributed by atoms with van der Waals surface area (Å²) in [4.78, 5) is 0. The number of aliphatic hydroxyl groups excluding tert-OH is 1. The number of rotatable bonds is 5. The van der Waals surface area contributed by atoms with E-state index in [4.69, 9.17) is 0 Å². The van der Waals surface area contributed by atoms with E-state index in [1.165, 1.54) is 38.5 Å².